The molecule has 0 atom stereocenters. The van der Waals surface area contributed by atoms with Crippen molar-refractivity contribution in [3.05, 3.63) is 60.0 Å². The number of piperazine rings is 1. The van der Waals surface area contributed by atoms with Gasteiger partial charge < -0.3 is 15.1 Å². The molecule has 2 aromatic heterocycles. The van der Waals surface area contributed by atoms with Crippen molar-refractivity contribution in [2.75, 3.05) is 44.2 Å². The second-order valence-corrected chi connectivity index (χ2v) is 7.55. The van der Waals surface area contributed by atoms with E-state index in [1.807, 2.05) is 40.6 Å². The molecule has 0 amide bonds. The van der Waals surface area contributed by atoms with Crippen LogP contribution in [-0.4, -0.2) is 64.7 Å². The van der Waals surface area contributed by atoms with E-state index in [1.54, 1.807) is 6.07 Å². The first kappa shape index (κ1) is 21.9. The molecule has 1 aliphatic heterocycles. The normalized spacial score (nSPS) is 15.4. The first-order valence-corrected chi connectivity index (χ1v) is 10.7. The van der Waals surface area contributed by atoms with Gasteiger partial charge >= 0.3 is 6.18 Å². The summed E-state index contributed by atoms with van der Waals surface area (Å²) in [5.74, 6) is 1.67. The molecule has 7 nitrogen and oxygen atoms in total. The molecule has 0 radical (unpaired) electrons. The SMILES string of the molecule is CCNC(=NCCc1nnc2ccccn12)N1CCN(c2cccc(C(F)(F)F)c2)CC1. The summed E-state index contributed by atoms with van der Waals surface area (Å²) in [6.07, 6.45) is -1.74. The number of aliphatic imine (C=N–C) groups is 1. The lowest BCUT2D eigenvalue weighted by Crippen LogP contribution is -2.52. The van der Waals surface area contributed by atoms with Crippen molar-refractivity contribution in [1.82, 2.24) is 24.8 Å². The van der Waals surface area contributed by atoms with E-state index in [2.05, 4.69) is 20.4 Å². The maximum absolute atomic E-state index is 13.0. The molecular weight excluding hydrogens is 419 g/mol. The van der Waals surface area contributed by atoms with Gasteiger partial charge in [0.25, 0.3) is 0 Å². The third-order valence-corrected chi connectivity index (χ3v) is 5.43. The molecule has 4 rings (SSSR count). The van der Waals surface area contributed by atoms with E-state index >= 15 is 0 Å². The van der Waals surface area contributed by atoms with Crippen LogP contribution in [0.4, 0.5) is 18.9 Å². The maximum atomic E-state index is 13.0. The van der Waals surface area contributed by atoms with Gasteiger partial charge in [-0.25, -0.2) is 0 Å². The van der Waals surface area contributed by atoms with Gasteiger partial charge in [-0.3, -0.25) is 9.39 Å². The number of nitrogens with one attached hydrogen (secondary N) is 1. The summed E-state index contributed by atoms with van der Waals surface area (Å²) < 4.78 is 41.1. The highest BCUT2D eigenvalue weighted by Gasteiger charge is 2.31. The minimum atomic E-state index is -4.33. The lowest BCUT2D eigenvalue weighted by Gasteiger charge is -2.38. The maximum Gasteiger partial charge on any atom is 0.416 e. The van der Waals surface area contributed by atoms with Gasteiger partial charge in [0, 0.05) is 57.6 Å². The Balaban J connectivity index is 1.38. The Morgan fingerprint density at radius 1 is 1.06 bits per heavy atom. The third-order valence-electron chi connectivity index (χ3n) is 5.43. The van der Waals surface area contributed by atoms with Crippen LogP contribution in [0, 0.1) is 0 Å². The molecule has 1 aliphatic rings. The summed E-state index contributed by atoms with van der Waals surface area (Å²) in [5, 5.41) is 11.7. The molecule has 1 fully saturated rings. The highest BCUT2D eigenvalue weighted by atomic mass is 19.4. The van der Waals surface area contributed by atoms with Gasteiger partial charge in [-0.1, -0.05) is 12.1 Å². The fourth-order valence-corrected chi connectivity index (χ4v) is 3.80. The van der Waals surface area contributed by atoms with E-state index in [4.69, 9.17) is 4.99 Å². The number of rotatable bonds is 5. The number of halogens is 3. The molecule has 1 aromatic carbocycles. The van der Waals surface area contributed by atoms with E-state index in [0.717, 1.165) is 30.0 Å². The summed E-state index contributed by atoms with van der Waals surface area (Å²) in [4.78, 5) is 8.88. The molecule has 10 heteroatoms. The first-order valence-electron chi connectivity index (χ1n) is 10.7. The van der Waals surface area contributed by atoms with Crippen LogP contribution >= 0.6 is 0 Å². The number of hydrogen-bond donors (Lipinski definition) is 1. The van der Waals surface area contributed by atoms with Crippen molar-refractivity contribution in [2.45, 2.75) is 19.5 Å². The van der Waals surface area contributed by atoms with Gasteiger partial charge in [0.2, 0.25) is 0 Å². The van der Waals surface area contributed by atoms with E-state index < -0.39 is 11.7 Å². The molecular formula is C22H26F3N7. The van der Waals surface area contributed by atoms with Gasteiger partial charge in [0.15, 0.2) is 11.6 Å². The molecule has 1 saturated heterocycles. The van der Waals surface area contributed by atoms with E-state index in [-0.39, 0.29) is 0 Å². The Bertz CT molecular complexity index is 1070. The standard InChI is InChI=1S/C22H26F3N7/c1-2-26-21(27-10-9-20-29-28-19-8-3-4-11-32(19)20)31-14-12-30(13-15-31)18-7-5-6-17(16-18)22(23,24)25/h3-8,11,16H,2,9-10,12-15H2,1H3,(H,26,27). The molecule has 0 saturated carbocycles. The van der Waals surface area contributed by atoms with Crippen molar-refractivity contribution < 1.29 is 13.2 Å². The lowest BCUT2D eigenvalue weighted by atomic mass is 10.1. The number of hydrogen-bond acceptors (Lipinski definition) is 4. The van der Waals surface area contributed by atoms with Crippen molar-refractivity contribution in [3.8, 4) is 0 Å². The molecule has 32 heavy (non-hydrogen) atoms. The van der Waals surface area contributed by atoms with Crippen LogP contribution in [0.25, 0.3) is 5.65 Å². The summed E-state index contributed by atoms with van der Waals surface area (Å²) in [7, 11) is 0. The van der Waals surface area contributed by atoms with E-state index in [0.29, 0.717) is 44.8 Å². The van der Waals surface area contributed by atoms with Crippen molar-refractivity contribution in [2.24, 2.45) is 4.99 Å². The smallest absolute Gasteiger partial charge is 0.368 e. The van der Waals surface area contributed by atoms with Crippen LogP contribution in [0.2, 0.25) is 0 Å². The zero-order valence-corrected chi connectivity index (χ0v) is 17.9. The predicted molar refractivity (Wildman–Crippen MR) is 118 cm³/mol. The van der Waals surface area contributed by atoms with Crippen LogP contribution in [-0.2, 0) is 12.6 Å². The topological polar surface area (TPSA) is 61.1 Å². The molecule has 0 aliphatic carbocycles. The van der Waals surface area contributed by atoms with Crippen LogP contribution in [0.3, 0.4) is 0 Å². The number of anilines is 1. The van der Waals surface area contributed by atoms with Crippen LogP contribution in [0.15, 0.2) is 53.7 Å². The quantitative estimate of drug-likeness (QED) is 0.483. The van der Waals surface area contributed by atoms with Crippen molar-refractivity contribution >= 4 is 17.3 Å². The molecule has 1 N–H and O–H groups in total. The molecule has 170 valence electrons. The van der Waals surface area contributed by atoms with Crippen molar-refractivity contribution in [1.29, 1.82) is 0 Å². The second-order valence-electron chi connectivity index (χ2n) is 7.55. The van der Waals surface area contributed by atoms with Gasteiger partial charge in [-0.05, 0) is 37.3 Å². The summed E-state index contributed by atoms with van der Waals surface area (Å²) in [5.41, 5.74) is 0.789. The zero-order chi connectivity index (χ0) is 22.6. The minimum Gasteiger partial charge on any atom is -0.368 e. The summed E-state index contributed by atoms with van der Waals surface area (Å²) in [6.45, 7) is 5.92. The highest BCUT2D eigenvalue weighted by Crippen LogP contribution is 2.31. The van der Waals surface area contributed by atoms with Crippen LogP contribution < -0.4 is 10.2 Å². The lowest BCUT2D eigenvalue weighted by molar-refractivity contribution is -0.137. The van der Waals surface area contributed by atoms with E-state index in [1.165, 1.54) is 12.1 Å². The van der Waals surface area contributed by atoms with Gasteiger partial charge in [0.05, 0.1) is 5.56 Å². The third kappa shape index (κ3) is 4.95. The average molecular weight is 445 g/mol. The minimum absolute atomic E-state index is 0.561. The summed E-state index contributed by atoms with van der Waals surface area (Å²) >= 11 is 0. The highest BCUT2D eigenvalue weighted by molar-refractivity contribution is 5.80. The number of alkyl halides is 3. The Morgan fingerprint density at radius 2 is 1.88 bits per heavy atom. The largest absolute Gasteiger partial charge is 0.416 e. The molecule has 0 bridgehead atoms. The van der Waals surface area contributed by atoms with Crippen LogP contribution in [0.5, 0.6) is 0 Å². The Morgan fingerprint density at radius 3 is 2.62 bits per heavy atom. The zero-order valence-electron chi connectivity index (χ0n) is 17.9. The first-order chi connectivity index (χ1) is 15.5. The van der Waals surface area contributed by atoms with Gasteiger partial charge in [0.1, 0.15) is 5.82 Å². The average Bonchev–Trinajstić information content (AvgIpc) is 3.21. The Kier molecular flexibility index (Phi) is 6.48. The number of pyridine rings is 1. The number of nitrogens with zero attached hydrogens (tertiary/aromatic N) is 6. The van der Waals surface area contributed by atoms with Crippen LogP contribution in [0.1, 0.15) is 18.3 Å². The number of fused-ring (bicyclic) bond motifs is 1. The van der Waals surface area contributed by atoms with Crippen molar-refractivity contribution in [3.63, 3.8) is 0 Å². The summed E-state index contributed by atoms with van der Waals surface area (Å²) in [6, 6.07) is 11.3. The monoisotopic (exact) mass is 445 g/mol. The second kappa shape index (κ2) is 9.46. The Labute approximate surface area is 184 Å². The number of aromatic nitrogens is 3. The van der Waals surface area contributed by atoms with Gasteiger partial charge in [-0.15, -0.1) is 10.2 Å². The van der Waals surface area contributed by atoms with E-state index in [9.17, 15) is 13.2 Å². The van der Waals surface area contributed by atoms with Gasteiger partial charge in [-0.2, -0.15) is 13.2 Å². The molecule has 3 heterocycles. The molecule has 0 spiro atoms. The molecule has 3 aromatic rings. The fraction of sp³-hybridized carbons (Fsp3) is 0.409. The predicted octanol–water partition coefficient (Wildman–Crippen LogP) is 3.08. The molecule has 0 unspecified atom stereocenters. The fourth-order valence-electron chi connectivity index (χ4n) is 3.80. The Hall–Kier alpha value is -3.30. The number of guanidine groups is 1. The number of benzene rings is 1.